The Morgan fingerprint density at radius 1 is 0.524 bits per heavy atom. The lowest BCUT2D eigenvalue weighted by Crippen LogP contribution is -2.59. The van der Waals surface area contributed by atoms with E-state index in [1.807, 2.05) is 102 Å². The van der Waals surface area contributed by atoms with Crippen LogP contribution in [0, 0.1) is 10.8 Å². The maximum atomic E-state index is 14.2. The fourth-order valence-corrected chi connectivity index (χ4v) is 12.3. The average Bonchev–Trinajstić information content (AvgIpc) is 3.19. The monoisotopic (exact) mass is 1200 g/mol. The number of nitrogens with one attached hydrogen (secondary N) is 6. The predicted molar refractivity (Wildman–Crippen MR) is 325 cm³/mol. The van der Waals surface area contributed by atoms with Gasteiger partial charge in [-0.3, -0.25) is 28.8 Å². The standard InChI is InChI=1S/C62H88N10O10S2/c1-43(63-9)57(75)67-55(61(3,4)5)59(77)71-35-17-23-49(71)41-69(37-33-45-19-13-11-14-20-45)53(73)39-65-83(79,80)51-29-25-47(26-30-51)48-27-31-52(32-28-48)84(81,82)66-40-54(74)70(38-34-46-21-15-12-16-22-46)42-50-24-18-36-72(50)60(78)56(62(6,7)8)68-58(76)44(2)64-10/h11-16,19-22,25-32,43-44,49-50,55-56,63-66H,17-18,23-24,33-42H2,1-10H3,(H,67,75)(H,68,76)/t43-,44-,49-,50-,55+,56+/m0/s1. The molecular weight excluding hydrogens is 1110 g/mol. The van der Waals surface area contributed by atoms with Gasteiger partial charge in [0.15, 0.2) is 0 Å². The molecule has 0 spiro atoms. The van der Waals surface area contributed by atoms with Gasteiger partial charge in [-0.1, -0.05) is 126 Å². The Morgan fingerprint density at radius 3 is 1.17 bits per heavy atom. The maximum absolute atomic E-state index is 14.2. The van der Waals surface area contributed by atoms with Crippen LogP contribution in [0.5, 0.6) is 0 Å². The molecule has 2 fully saturated rings. The van der Waals surface area contributed by atoms with Crippen molar-refractivity contribution in [2.45, 2.75) is 140 Å². The van der Waals surface area contributed by atoms with Gasteiger partial charge in [0.1, 0.15) is 12.1 Å². The summed E-state index contributed by atoms with van der Waals surface area (Å²) in [6.07, 6.45) is 3.62. The summed E-state index contributed by atoms with van der Waals surface area (Å²) in [4.78, 5) is 89.1. The molecule has 20 nitrogen and oxygen atoms in total. The number of likely N-dealkylation sites (N-methyl/N-ethyl adjacent to an activating group) is 2. The van der Waals surface area contributed by atoms with E-state index < -0.39 is 79.9 Å². The second-order valence-corrected chi connectivity index (χ2v) is 27.7. The molecule has 2 aliphatic rings. The minimum absolute atomic E-state index is 0.0964. The molecule has 2 heterocycles. The van der Waals surface area contributed by atoms with E-state index in [4.69, 9.17) is 0 Å². The Labute approximate surface area is 497 Å². The highest BCUT2D eigenvalue weighted by molar-refractivity contribution is 7.89. The molecule has 458 valence electrons. The summed E-state index contributed by atoms with van der Waals surface area (Å²) < 4.78 is 59.9. The van der Waals surface area contributed by atoms with Gasteiger partial charge in [-0.2, -0.15) is 0 Å². The van der Waals surface area contributed by atoms with E-state index in [0.717, 1.165) is 11.1 Å². The van der Waals surface area contributed by atoms with Crippen LogP contribution in [0.25, 0.3) is 11.1 Å². The highest BCUT2D eigenvalue weighted by atomic mass is 32.2. The zero-order valence-corrected chi connectivity index (χ0v) is 52.1. The first-order valence-electron chi connectivity index (χ1n) is 29.0. The number of nitrogens with zero attached hydrogens (tertiary/aromatic N) is 4. The molecule has 0 unspecified atom stereocenters. The fraction of sp³-hybridized carbons (Fsp3) is 0.516. The van der Waals surface area contributed by atoms with Gasteiger partial charge in [0, 0.05) is 51.4 Å². The van der Waals surface area contributed by atoms with Crippen molar-refractivity contribution in [1.29, 1.82) is 0 Å². The molecule has 22 heteroatoms. The smallest absolute Gasteiger partial charge is 0.246 e. The largest absolute Gasteiger partial charge is 0.342 e. The van der Waals surface area contributed by atoms with Crippen molar-refractivity contribution in [3.63, 3.8) is 0 Å². The molecular formula is C62H88N10O10S2. The molecule has 0 aromatic heterocycles. The fourth-order valence-electron chi connectivity index (χ4n) is 10.4. The molecule has 0 radical (unpaired) electrons. The van der Waals surface area contributed by atoms with Crippen molar-refractivity contribution in [1.82, 2.24) is 50.3 Å². The maximum Gasteiger partial charge on any atom is 0.246 e. The Hall–Kier alpha value is -6.56. The zero-order chi connectivity index (χ0) is 61.6. The number of benzene rings is 4. The van der Waals surface area contributed by atoms with E-state index in [-0.39, 0.29) is 71.7 Å². The molecule has 4 aromatic rings. The quantitative estimate of drug-likeness (QED) is 0.0489. The van der Waals surface area contributed by atoms with Crippen LogP contribution in [0.15, 0.2) is 119 Å². The number of hydrogen-bond donors (Lipinski definition) is 6. The highest BCUT2D eigenvalue weighted by Gasteiger charge is 2.43. The lowest BCUT2D eigenvalue weighted by molar-refractivity contribution is -0.142. The number of sulfonamides is 2. The molecule has 2 saturated heterocycles. The number of rotatable bonds is 27. The summed E-state index contributed by atoms with van der Waals surface area (Å²) in [5.74, 6) is -2.03. The predicted octanol–water partition coefficient (Wildman–Crippen LogP) is 4.31. The molecule has 0 aliphatic carbocycles. The van der Waals surface area contributed by atoms with Crippen LogP contribution in [0.2, 0.25) is 0 Å². The van der Waals surface area contributed by atoms with Gasteiger partial charge in [-0.15, -0.1) is 0 Å². The summed E-state index contributed by atoms with van der Waals surface area (Å²) in [6.45, 7) is 15.5. The van der Waals surface area contributed by atoms with Crippen molar-refractivity contribution in [3.05, 3.63) is 120 Å². The molecule has 2 aliphatic heterocycles. The van der Waals surface area contributed by atoms with E-state index in [1.165, 1.54) is 24.3 Å². The van der Waals surface area contributed by atoms with Crippen molar-refractivity contribution in [3.8, 4) is 11.1 Å². The molecule has 4 aromatic carbocycles. The van der Waals surface area contributed by atoms with Crippen molar-refractivity contribution < 1.29 is 45.6 Å². The summed E-state index contributed by atoms with van der Waals surface area (Å²) >= 11 is 0. The van der Waals surface area contributed by atoms with Crippen LogP contribution in [-0.4, -0.2) is 175 Å². The zero-order valence-electron chi connectivity index (χ0n) is 50.4. The van der Waals surface area contributed by atoms with Crippen LogP contribution < -0.4 is 30.7 Å². The first-order valence-corrected chi connectivity index (χ1v) is 32.0. The van der Waals surface area contributed by atoms with Gasteiger partial charge in [-0.25, -0.2) is 26.3 Å². The summed E-state index contributed by atoms with van der Waals surface area (Å²) in [5, 5.41) is 11.7. The lowest BCUT2D eigenvalue weighted by Gasteiger charge is -2.37. The van der Waals surface area contributed by atoms with E-state index >= 15 is 0 Å². The van der Waals surface area contributed by atoms with E-state index in [1.54, 1.807) is 71.8 Å². The Balaban J connectivity index is 1.09. The molecule has 6 atom stereocenters. The third-order valence-electron chi connectivity index (χ3n) is 15.9. The van der Waals surface area contributed by atoms with Crippen molar-refractivity contribution >= 4 is 55.5 Å². The lowest BCUT2D eigenvalue weighted by atomic mass is 9.85. The average molecular weight is 1200 g/mol. The number of likely N-dealkylation sites (tertiary alicyclic amines) is 2. The Bertz CT molecular complexity index is 2890. The van der Waals surface area contributed by atoms with E-state index in [9.17, 15) is 45.6 Å². The Morgan fingerprint density at radius 2 is 0.857 bits per heavy atom. The van der Waals surface area contributed by atoms with Crippen LogP contribution >= 0.6 is 0 Å². The molecule has 6 N–H and O–H groups in total. The van der Waals surface area contributed by atoms with E-state index in [0.29, 0.717) is 62.7 Å². The van der Waals surface area contributed by atoms with E-state index in [2.05, 4.69) is 30.7 Å². The van der Waals surface area contributed by atoms with Crippen LogP contribution in [0.1, 0.15) is 92.2 Å². The van der Waals surface area contributed by atoms with Crippen molar-refractivity contribution in [2.75, 3.05) is 66.5 Å². The number of carbonyl (C=O) groups excluding carboxylic acids is 6. The minimum atomic E-state index is -4.21. The first kappa shape index (κ1) is 66.6. The topological polar surface area (TPSA) is 256 Å². The van der Waals surface area contributed by atoms with Gasteiger partial charge >= 0.3 is 0 Å². The summed E-state index contributed by atoms with van der Waals surface area (Å²) in [7, 11) is -5.08. The van der Waals surface area contributed by atoms with Crippen LogP contribution in [-0.2, 0) is 61.7 Å². The number of amides is 6. The number of carbonyl (C=O) groups is 6. The molecule has 0 bridgehead atoms. The Kier molecular flexibility index (Phi) is 23.4. The molecule has 84 heavy (non-hydrogen) atoms. The minimum Gasteiger partial charge on any atom is -0.342 e. The normalized spacial score (nSPS) is 17.2. The van der Waals surface area contributed by atoms with Gasteiger partial charge < -0.3 is 40.9 Å². The third kappa shape index (κ3) is 18.2. The first-order chi connectivity index (χ1) is 39.6. The van der Waals surface area contributed by atoms with Gasteiger partial charge in [-0.05, 0) is 124 Å². The van der Waals surface area contributed by atoms with Crippen molar-refractivity contribution in [2.24, 2.45) is 10.8 Å². The molecule has 6 amide bonds. The van der Waals surface area contributed by atoms with Crippen LogP contribution in [0.3, 0.4) is 0 Å². The highest BCUT2D eigenvalue weighted by Crippen LogP contribution is 2.29. The second kappa shape index (κ2) is 29.5. The van der Waals surface area contributed by atoms with Gasteiger partial charge in [0.25, 0.3) is 0 Å². The summed E-state index contributed by atoms with van der Waals surface area (Å²) in [6, 6.07) is 27.7. The third-order valence-corrected chi connectivity index (χ3v) is 18.7. The number of hydrogen-bond acceptors (Lipinski definition) is 12. The SMILES string of the molecule is CN[C@@H](C)C(=O)N[C@H](C(=O)N1CCC[C@H]1CN(CCc1ccccc1)C(=O)CNS(=O)(=O)c1ccc(-c2ccc(S(=O)(=O)NCC(=O)N(CCc3ccccc3)C[C@@H]3CCCN3C(=O)[C@@H](NC(=O)[C@H](C)NC)C(C)(C)C)cc2)cc1)C(C)(C)C. The molecule has 0 saturated carbocycles. The second-order valence-electron chi connectivity index (χ2n) is 24.1. The van der Waals surface area contributed by atoms with Crippen LogP contribution in [0.4, 0.5) is 0 Å². The van der Waals surface area contributed by atoms with Gasteiger partial charge in [0.2, 0.25) is 55.5 Å². The summed E-state index contributed by atoms with van der Waals surface area (Å²) in [5.41, 5.74) is 1.90. The van der Waals surface area contributed by atoms with Gasteiger partial charge in [0.05, 0.1) is 35.0 Å². The molecule has 6 rings (SSSR count).